The summed E-state index contributed by atoms with van der Waals surface area (Å²) in [5.74, 6) is -1.19. The molecule has 0 spiro atoms. The van der Waals surface area contributed by atoms with E-state index in [0.717, 1.165) is 11.1 Å². The number of hydrogen-bond acceptors (Lipinski definition) is 5. The molecule has 9 nitrogen and oxygen atoms in total. The normalized spacial score (nSPS) is 18.8. The van der Waals surface area contributed by atoms with Crippen molar-refractivity contribution in [2.24, 2.45) is 0 Å². The van der Waals surface area contributed by atoms with Crippen molar-refractivity contribution in [1.29, 1.82) is 0 Å². The van der Waals surface area contributed by atoms with Crippen LogP contribution < -0.4 is 5.32 Å². The van der Waals surface area contributed by atoms with E-state index in [4.69, 9.17) is 4.74 Å². The molecule has 2 atom stereocenters. The molecule has 3 aromatic carbocycles. The zero-order valence-electron chi connectivity index (χ0n) is 24.7. The van der Waals surface area contributed by atoms with Crippen molar-refractivity contribution < 1.29 is 27.9 Å². The maximum atomic E-state index is 14.1. The van der Waals surface area contributed by atoms with E-state index in [1.807, 2.05) is 37.3 Å². The van der Waals surface area contributed by atoms with Gasteiger partial charge in [-0.2, -0.15) is 0 Å². The zero-order chi connectivity index (χ0) is 31.1. The van der Waals surface area contributed by atoms with E-state index in [-0.39, 0.29) is 69.3 Å². The van der Waals surface area contributed by atoms with Crippen molar-refractivity contribution in [2.45, 2.75) is 45.1 Å². The summed E-state index contributed by atoms with van der Waals surface area (Å²) >= 11 is 0. The minimum atomic E-state index is -0.827. The van der Waals surface area contributed by atoms with E-state index in [1.165, 1.54) is 18.2 Å². The molecule has 44 heavy (non-hydrogen) atoms. The summed E-state index contributed by atoms with van der Waals surface area (Å²) in [5.41, 5.74) is 2.03. The third-order valence-corrected chi connectivity index (χ3v) is 7.87. The summed E-state index contributed by atoms with van der Waals surface area (Å²) in [5, 5.41) is 6.19. The lowest BCUT2D eigenvalue weighted by Crippen LogP contribution is -2.76. The molecule has 0 unspecified atom stereocenters. The predicted octanol–water partition coefficient (Wildman–Crippen LogP) is 3.94. The fraction of sp³-hybridized carbons (Fsp3) is 0.364. The van der Waals surface area contributed by atoms with Crippen LogP contribution in [-0.2, 0) is 33.9 Å². The van der Waals surface area contributed by atoms with Crippen LogP contribution in [0.5, 0.6) is 0 Å². The van der Waals surface area contributed by atoms with Crippen LogP contribution in [0.1, 0.15) is 30.0 Å². The van der Waals surface area contributed by atoms with E-state index in [1.54, 1.807) is 50.1 Å². The highest BCUT2D eigenvalue weighted by Crippen LogP contribution is 2.28. The van der Waals surface area contributed by atoms with Crippen LogP contribution in [0.25, 0.3) is 0 Å². The Morgan fingerprint density at radius 2 is 1.66 bits per heavy atom. The number of carbonyl (C=O) groups excluding carboxylic acids is 3. The highest BCUT2D eigenvalue weighted by Gasteiger charge is 2.51. The third kappa shape index (κ3) is 7.23. The average Bonchev–Trinajstić information content (AvgIpc) is 3.02. The second-order valence-corrected chi connectivity index (χ2v) is 10.9. The maximum absolute atomic E-state index is 14.1. The Labute approximate surface area is 255 Å². The van der Waals surface area contributed by atoms with Gasteiger partial charge in [0.25, 0.3) is 0 Å². The highest BCUT2D eigenvalue weighted by atomic mass is 19.1. The van der Waals surface area contributed by atoms with Gasteiger partial charge in [0.05, 0.1) is 26.3 Å². The number of hydrazine groups is 1. The number of rotatable bonds is 11. The van der Waals surface area contributed by atoms with Crippen molar-refractivity contribution in [3.8, 4) is 0 Å². The molecule has 2 aliphatic heterocycles. The van der Waals surface area contributed by atoms with E-state index < -0.39 is 18.2 Å². The lowest BCUT2D eigenvalue weighted by Gasteiger charge is -2.55. The third-order valence-electron chi connectivity index (χ3n) is 7.87. The van der Waals surface area contributed by atoms with Gasteiger partial charge in [0.1, 0.15) is 23.8 Å². The number of amides is 4. The molecule has 2 saturated heterocycles. The Morgan fingerprint density at radius 1 is 0.932 bits per heavy atom. The first kappa shape index (κ1) is 31.1. The van der Waals surface area contributed by atoms with Crippen LogP contribution in [0, 0.1) is 11.6 Å². The second kappa shape index (κ2) is 14.4. The molecule has 2 heterocycles. The number of carbonyl (C=O) groups is 3. The average molecular weight is 606 g/mol. The van der Waals surface area contributed by atoms with Crippen LogP contribution >= 0.6 is 0 Å². The van der Waals surface area contributed by atoms with Crippen molar-refractivity contribution in [3.05, 3.63) is 107 Å². The quantitative estimate of drug-likeness (QED) is 0.335. The summed E-state index contributed by atoms with van der Waals surface area (Å²) in [4.78, 5) is 44.5. The maximum Gasteiger partial charge on any atom is 0.334 e. The van der Waals surface area contributed by atoms with Crippen LogP contribution in [0.4, 0.5) is 13.6 Å². The topological polar surface area (TPSA) is 85.4 Å². The molecule has 11 heteroatoms. The van der Waals surface area contributed by atoms with Gasteiger partial charge in [-0.05, 0) is 35.7 Å². The van der Waals surface area contributed by atoms with E-state index in [2.05, 4.69) is 5.32 Å². The van der Waals surface area contributed by atoms with Gasteiger partial charge in [-0.15, -0.1) is 0 Å². The van der Waals surface area contributed by atoms with Crippen molar-refractivity contribution in [1.82, 2.24) is 25.1 Å². The van der Waals surface area contributed by atoms with Crippen LogP contribution in [0.2, 0.25) is 0 Å². The number of halogens is 2. The molecule has 0 saturated carbocycles. The first-order chi connectivity index (χ1) is 21.4. The highest BCUT2D eigenvalue weighted by molar-refractivity contribution is 5.91. The molecule has 0 aromatic heterocycles. The lowest BCUT2D eigenvalue weighted by atomic mass is 9.99. The molecule has 0 radical (unpaired) electrons. The summed E-state index contributed by atoms with van der Waals surface area (Å²) in [6.45, 7) is 3.04. The molecule has 5 rings (SSSR count). The molecule has 2 aliphatic rings. The molecular weight excluding hydrogens is 568 g/mol. The van der Waals surface area contributed by atoms with Gasteiger partial charge >= 0.3 is 6.03 Å². The molecule has 232 valence electrons. The Bertz CT molecular complexity index is 1440. The van der Waals surface area contributed by atoms with Gasteiger partial charge in [-0.25, -0.2) is 23.6 Å². The SMILES string of the molecule is CCCN1CC(=O)N2[C@@H](Cc3ccccc3)C(=O)N(CCOCc3ccccc3F)C[C@@H]2N1C(=O)NCc1ccc(F)cc1. The number of hydrogen-bond donors (Lipinski definition) is 1. The number of fused-ring (bicyclic) bond motifs is 1. The van der Waals surface area contributed by atoms with Gasteiger partial charge in [-0.3, -0.25) is 9.59 Å². The summed E-state index contributed by atoms with van der Waals surface area (Å²) < 4.78 is 33.2. The van der Waals surface area contributed by atoms with E-state index in [9.17, 15) is 23.2 Å². The smallest absolute Gasteiger partial charge is 0.334 e. The van der Waals surface area contributed by atoms with Gasteiger partial charge in [0, 0.05) is 31.6 Å². The first-order valence-corrected chi connectivity index (χ1v) is 14.9. The van der Waals surface area contributed by atoms with Gasteiger partial charge < -0.3 is 19.9 Å². The standard InChI is InChI=1S/C33H37F2N5O4/c1-2-16-38-22-31(41)39-29(19-24-8-4-3-5-9-24)32(42)37(17-18-44-23-26-10-6-7-11-28(26)35)21-30(39)40(38)33(43)36-20-25-12-14-27(34)15-13-25/h3-15,29-30H,2,16-23H2,1H3,(H,36,43)/t29-,30-/m0/s1. The molecule has 0 bridgehead atoms. The number of nitrogens with one attached hydrogen (secondary N) is 1. The van der Waals surface area contributed by atoms with Crippen molar-refractivity contribution >= 4 is 17.8 Å². The minimum Gasteiger partial charge on any atom is -0.375 e. The Hall–Kier alpha value is -4.35. The fourth-order valence-corrected chi connectivity index (χ4v) is 5.72. The fourth-order valence-electron chi connectivity index (χ4n) is 5.72. The van der Waals surface area contributed by atoms with Crippen molar-refractivity contribution in [2.75, 3.05) is 32.8 Å². The number of ether oxygens (including phenoxy) is 1. The second-order valence-electron chi connectivity index (χ2n) is 10.9. The van der Waals surface area contributed by atoms with Crippen molar-refractivity contribution in [3.63, 3.8) is 0 Å². The lowest BCUT2D eigenvalue weighted by molar-refractivity contribution is -0.190. The number of nitrogens with zero attached hydrogens (tertiary/aromatic N) is 4. The van der Waals surface area contributed by atoms with E-state index in [0.29, 0.717) is 18.5 Å². The molecular formula is C33H37F2N5O4. The Kier molecular flexibility index (Phi) is 10.2. The predicted molar refractivity (Wildman–Crippen MR) is 160 cm³/mol. The Balaban J connectivity index is 1.38. The largest absolute Gasteiger partial charge is 0.375 e. The molecule has 2 fully saturated rings. The minimum absolute atomic E-state index is 0.0430. The van der Waals surface area contributed by atoms with Gasteiger partial charge in [-0.1, -0.05) is 67.6 Å². The van der Waals surface area contributed by atoms with Gasteiger partial charge in [0.2, 0.25) is 11.8 Å². The number of piperazine rings is 1. The van der Waals surface area contributed by atoms with Crippen LogP contribution in [0.15, 0.2) is 78.9 Å². The zero-order valence-corrected chi connectivity index (χ0v) is 24.7. The summed E-state index contributed by atoms with van der Waals surface area (Å²) in [7, 11) is 0. The molecule has 3 aromatic rings. The molecule has 4 amide bonds. The summed E-state index contributed by atoms with van der Waals surface area (Å²) in [6, 6.07) is 20.4. The van der Waals surface area contributed by atoms with E-state index >= 15 is 0 Å². The molecule has 0 aliphatic carbocycles. The van der Waals surface area contributed by atoms with Crippen LogP contribution in [0.3, 0.4) is 0 Å². The molecule has 1 N–H and O–H groups in total. The monoisotopic (exact) mass is 605 g/mol. The summed E-state index contributed by atoms with van der Waals surface area (Å²) in [6.07, 6.45) is 0.226. The van der Waals surface area contributed by atoms with Crippen LogP contribution in [-0.4, -0.2) is 82.7 Å². The first-order valence-electron chi connectivity index (χ1n) is 14.9. The Morgan fingerprint density at radius 3 is 2.39 bits per heavy atom. The number of benzene rings is 3. The number of urea groups is 1. The van der Waals surface area contributed by atoms with Gasteiger partial charge in [0.15, 0.2) is 0 Å².